The number of amides is 2. The predicted molar refractivity (Wildman–Crippen MR) is 116 cm³/mol. The van der Waals surface area contributed by atoms with Gasteiger partial charge in [-0.2, -0.15) is 5.10 Å². The van der Waals surface area contributed by atoms with Crippen molar-refractivity contribution >= 4 is 18.2 Å². The van der Waals surface area contributed by atoms with Gasteiger partial charge in [-0.3, -0.25) is 9.69 Å². The van der Waals surface area contributed by atoms with Crippen LogP contribution in [0, 0.1) is 0 Å². The van der Waals surface area contributed by atoms with Gasteiger partial charge in [-0.25, -0.2) is 14.3 Å². The molecule has 0 radical (unpaired) electrons. The number of carbonyl (C=O) groups excluding carboxylic acids is 1. The maximum absolute atomic E-state index is 11.9. The summed E-state index contributed by atoms with van der Waals surface area (Å²) in [5.41, 5.74) is 4.06. The fourth-order valence-corrected chi connectivity index (χ4v) is 5.13. The fraction of sp³-hybridized carbons (Fsp3) is 0.478. The number of benzene rings is 1. The Bertz CT molecular complexity index is 1140. The first-order valence-electron chi connectivity index (χ1n) is 11.2. The van der Waals surface area contributed by atoms with Crippen LogP contribution >= 0.6 is 0 Å². The molecule has 174 valence electrons. The molecule has 0 spiro atoms. The molecule has 0 bridgehead atoms. The molecule has 1 aromatic heterocycles. The van der Waals surface area contributed by atoms with Crippen LogP contribution in [-0.4, -0.2) is 67.6 Å². The molecule has 2 aliphatic heterocycles. The fourth-order valence-electron chi connectivity index (χ4n) is 5.13. The van der Waals surface area contributed by atoms with E-state index in [4.69, 9.17) is 9.84 Å². The van der Waals surface area contributed by atoms with E-state index in [1.807, 2.05) is 18.2 Å². The molecule has 3 aliphatic rings. The zero-order chi connectivity index (χ0) is 23.3. The molecule has 33 heavy (non-hydrogen) atoms. The molecule has 0 saturated heterocycles. The van der Waals surface area contributed by atoms with E-state index < -0.39 is 24.2 Å². The molecule has 10 heteroatoms. The zero-order valence-electron chi connectivity index (χ0n) is 18.4. The lowest BCUT2D eigenvalue weighted by atomic mass is 9.80. The van der Waals surface area contributed by atoms with Crippen molar-refractivity contribution in [1.29, 1.82) is 0 Å². The van der Waals surface area contributed by atoms with Gasteiger partial charge in [-0.05, 0) is 36.5 Å². The monoisotopic (exact) mass is 454 g/mol. The Kier molecular flexibility index (Phi) is 5.22. The van der Waals surface area contributed by atoms with E-state index in [9.17, 15) is 24.6 Å². The van der Waals surface area contributed by atoms with E-state index in [1.165, 1.54) is 23.1 Å². The summed E-state index contributed by atoms with van der Waals surface area (Å²) in [6.07, 6.45) is 2.09. The van der Waals surface area contributed by atoms with Crippen LogP contribution in [0.25, 0.3) is 5.69 Å². The number of carbonyl (C=O) groups is 3. The molecule has 1 aromatic carbocycles. The third-order valence-corrected chi connectivity index (χ3v) is 6.97. The molecule has 2 N–H and O–H groups in total. The lowest BCUT2D eigenvalue weighted by Gasteiger charge is -2.35. The largest absolute Gasteiger partial charge is 0.465 e. The van der Waals surface area contributed by atoms with E-state index in [0.29, 0.717) is 35.9 Å². The summed E-state index contributed by atoms with van der Waals surface area (Å²) >= 11 is 0. The Labute approximate surface area is 190 Å². The standard InChI is InChI=1S/C23H26N4O6/c1-13(28)33-20-11-15(14-3-2-4-14)5-6-17(20)27-18-8-10-26(23(31)32)19-12-25(22(29)30)9-7-16(24-27)21(18)19/h5-6,11,14,19H,2-4,7-10,12H2,1H3,(H,29,30)(H,31,32). The second kappa shape index (κ2) is 8.09. The van der Waals surface area contributed by atoms with Crippen molar-refractivity contribution in [1.82, 2.24) is 19.6 Å². The number of hydrogen-bond donors (Lipinski definition) is 2. The average Bonchev–Trinajstić information content (AvgIpc) is 2.96. The second-order valence-corrected chi connectivity index (χ2v) is 8.89. The minimum Gasteiger partial charge on any atom is -0.465 e. The average molecular weight is 454 g/mol. The first-order chi connectivity index (χ1) is 15.8. The van der Waals surface area contributed by atoms with E-state index in [2.05, 4.69) is 0 Å². The van der Waals surface area contributed by atoms with E-state index >= 15 is 0 Å². The van der Waals surface area contributed by atoms with Crippen molar-refractivity contribution in [2.45, 2.75) is 51.0 Å². The molecular weight excluding hydrogens is 428 g/mol. The number of esters is 1. The van der Waals surface area contributed by atoms with Crippen molar-refractivity contribution in [3.8, 4) is 11.4 Å². The Balaban J connectivity index is 1.61. The molecule has 3 heterocycles. The Hall–Kier alpha value is -3.56. The molecule has 2 amide bonds. The molecule has 1 unspecified atom stereocenters. The second-order valence-electron chi connectivity index (χ2n) is 8.89. The van der Waals surface area contributed by atoms with Crippen LogP contribution in [-0.2, 0) is 17.6 Å². The van der Waals surface area contributed by atoms with Gasteiger partial charge >= 0.3 is 18.2 Å². The van der Waals surface area contributed by atoms with Gasteiger partial charge < -0.3 is 19.8 Å². The van der Waals surface area contributed by atoms with Crippen molar-refractivity contribution in [2.24, 2.45) is 0 Å². The summed E-state index contributed by atoms with van der Waals surface area (Å²) in [7, 11) is 0. The number of carboxylic acid groups (broad SMARTS) is 2. The van der Waals surface area contributed by atoms with Gasteiger partial charge in [0.1, 0.15) is 5.69 Å². The van der Waals surface area contributed by atoms with Crippen LogP contribution in [0.2, 0.25) is 0 Å². The number of aromatic nitrogens is 2. The molecule has 2 aromatic rings. The minimum atomic E-state index is -1.08. The molecule has 5 rings (SSSR count). The van der Waals surface area contributed by atoms with Crippen LogP contribution in [0.5, 0.6) is 5.75 Å². The quantitative estimate of drug-likeness (QED) is 0.539. The Morgan fingerprint density at radius 3 is 2.52 bits per heavy atom. The van der Waals surface area contributed by atoms with Crippen LogP contribution in [0.15, 0.2) is 18.2 Å². The van der Waals surface area contributed by atoms with Gasteiger partial charge in [0.2, 0.25) is 0 Å². The topological polar surface area (TPSA) is 125 Å². The zero-order valence-corrected chi connectivity index (χ0v) is 18.4. The molecule has 1 saturated carbocycles. The van der Waals surface area contributed by atoms with Crippen LogP contribution in [0.1, 0.15) is 60.7 Å². The SMILES string of the molecule is CC(=O)Oc1cc(C2CCC2)ccc1-n1nc2c3c1CCN(C(=O)O)C3CN(C(=O)O)CC2. The first kappa shape index (κ1) is 21.3. The molecule has 1 fully saturated rings. The summed E-state index contributed by atoms with van der Waals surface area (Å²) in [6, 6.07) is 5.24. The van der Waals surface area contributed by atoms with Crippen molar-refractivity contribution < 1.29 is 29.3 Å². The highest BCUT2D eigenvalue weighted by Gasteiger charge is 2.40. The smallest absolute Gasteiger partial charge is 0.407 e. The molecule has 1 aliphatic carbocycles. The number of nitrogens with zero attached hydrogens (tertiary/aromatic N) is 4. The number of rotatable bonds is 3. The summed E-state index contributed by atoms with van der Waals surface area (Å²) in [4.78, 5) is 38.0. The van der Waals surface area contributed by atoms with E-state index in [-0.39, 0.29) is 19.6 Å². The first-order valence-corrected chi connectivity index (χ1v) is 11.2. The summed E-state index contributed by atoms with van der Waals surface area (Å²) in [6.45, 7) is 1.89. The minimum absolute atomic E-state index is 0.0603. The molecule has 10 nitrogen and oxygen atoms in total. The van der Waals surface area contributed by atoms with Crippen LogP contribution < -0.4 is 4.74 Å². The maximum atomic E-state index is 11.9. The van der Waals surface area contributed by atoms with Gasteiger partial charge in [0.05, 0.1) is 17.4 Å². The van der Waals surface area contributed by atoms with E-state index in [0.717, 1.165) is 29.7 Å². The van der Waals surface area contributed by atoms with Crippen molar-refractivity contribution in [2.75, 3.05) is 19.6 Å². The number of ether oxygens (including phenoxy) is 1. The van der Waals surface area contributed by atoms with Crippen molar-refractivity contribution in [3.05, 3.63) is 40.7 Å². The maximum Gasteiger partial charge on any atom is 0.407 e. The van der Waals surface area contributed by atoms with Gasteiger partial charge in [0.15, 0.2) is 5.75 Å². The third-order valence-electron chi connectivity index (χ3n) is 6.97. The highest BCUT2D eigenvalue weighted by molar-refractivity contribution is 5.72. The van der Waals surface area contributed by atoms with Gasteiger partial charge in [-0.15, -0.1) is 0 Å². The van der Waals surface area contributed by atoms with Crippen LogP contribution in [0.4, 0.5) is 9.59 Å². The van der Waals surface area contributed by atoms with Crippen LogP contribution in [0.3, 0.4) is 0 Å². The summed E-state index contributed by atoms with van der Waals surface area (Å²) in [5.74, 6) is 0.484. The van der Waals surface area contributed by atoms with Crippen molar-refractivity contribution in [3.63, 3.8) is 0 Å². The van der Waals surface area contributed by atoms with Gasteiger partial charge in [0.25, 0.3) is 0 Å². The molecule has 1 atom stereocenters. The molecular formula is C23H26N4O6. The number of hydrogen-bond acceptors (Lipinski definition) is 5. The summed E-state index contributed by atoms with van der Waals surface area (Å²) < 4.78 is 7.34. The lowest BCUT2D eigenvalue weighted by Crippen LogP contribution is -2.45. The normalized spacial score (nSPS) is 20.0. The van der Waals surface area contributed by atoms with Gasteiger partial charge in [0, 0.05) is 45.0 Å². The highest BCUT2D eigenvalue weighted by Crippen LogP contribution is 2.41. The van der Waals surface area contributed by atoms with E-state index in [1.54, 1.807) is 4.68 Å². The third kappa shape index (κ3) is 3.69. The predicted octanol–water partition coefficient (Wildman–Crippen LogP) is 3.18. The lowest BCUT2D eigenvalue weighted by molar-refractivity contribution is -0.131. The van der Waals surface area contributed by atoms with Gasteiger partial charge in [-0.1, -0.05) is 12.5 Å². The highest BCUT2D eigenvalue weighted by atomic mass is 16.5. The Morgan fingerprint density at radius 2 is 1.88 bits per heavy atom. The Morgan fingerprint density at radius 1 is 1.09 bits per heavy atom. The summed E-state index contributed by atoms with van der Waals surface area (Å²) in [5, 5.41) is 24.1.